The Hall–Kier alpha value is -2.24. The summed E-state index contributed by atoms with van der Waals surface area (Å²) < 4.78 is 1.63. The molecule has 0 spiro atoms. The first kappa shape index (κ1) is 13.4. The number of hydrogen-bond donors (Lipinski definition) is 0. The summed E-state index contributed by atoms with van der Waals surface area (Å²) in [6, 6.07) is 3.80. The molecule has 0 aromatic carbocycles. The van der Waals surface area contributed by atoms with Gasteiger partial charge in [-0.15, -0.1) is 0 Å². The standard InChI is InChI=1S/C16H19N5O/c22-16-6-5-14(12-3-4-12)19-21(16)11-13-2-1-9-20(13)15-10-17-7-8-18-15/h5-8,10,12-13H,1-4,9,11H2. The Labute approximate surface area is 128 Å². The molecule has 4 rings (SSSR count). The van der Waals surface area contributed by atoms with Gasteiger partial charge in [-0.2, -0.15) is 5.10 Å². The highest BCUT2D eigenvalue weighted by Crippen LogP contribution is 2.38. The Morgan fingerprint density at radius 3 is 2.86 bits per heavy atom. The van der Waals surface area contributed by atoms with E-state index in [2.05, 4.69) is 20.0 Å². The quantitative estimate of drug-likeness (QED) is 0.857. The highest BCUT2D eigenvalue weighted by molar-refractivity contribution is 5.38. The van der Waals surface area contributed by atoms with Crippen molar-refractivity contribution in [1.29, 1.82) is 0 Å². The summed E-state index contributed by atoms with van der Waals surface area (Å²) in [4.78, 5) is 22.9. The lowest BCUT2D eigenvalue weighted by atomic mass is 10.2. The molecular weight excluding hydrogens is 278 g/mol. The normalized spacial score (nSPS) is 21.3. The molecule has 1 saturated carbocycles. The molecule has 0 bridgehead atoms. The fourth-order valence-electron chi connectivity index (χ4n) is 3.16. The smallest absolute Gasteiger partial charge is 0.266 e. The molecule has 2 aromatic rings. The summed E-state index contributed by atoms with van der Waals surface area (Å²) >= 11 is 0. The molecule has 0 radical (unpaired) electrons. The van der Waals surface area contributed by atoms with Gasteiger partial charge in [-0.05, 0) is 31.7 Å². The molecule has 2 fully saturated rings. The van der Waals surface area contributed by atoms with Gasteiger partial charge in [-0.1, -0.05) is 0 Å². The third kappa shape index (κ3) is 2.61. The van der Waals surface area contributed by atoms with E-state index < -0.39 is 0 Å². The van der Waals surface area contributed by atoms with Crippen LogP contribution < -0.4 is 10.5 Å². The van der Waals surface area contributed by atoms with Crippen LogP contribution in [0.1, 0.15) is 37.3 Å². The average Bonchev–Trinajstić information content (AvgIpc) is 3.30. The lowest BCUT2D eigenvalue weighted by Crippen LogP contribution is -2.37. The predicted octanol–water partition coefficient (Wildman–Crippen LogP) is 1.58. The molecule has 1 aliphatic heterocycles. The van der Waals surface area contributed by atoms with Crippen molar-refractivity contribution >= 4 is 5.82 Å². The summed E-state index contributed by atoms with van der Waals surface area (Å²) in [7, 11) is 0. The highest BCUT2D eigenvalue weighted by atomic mass is 16.1. The molecule has 1 unspecified atom stereocenters. The molecule has 2 aliphatic rings. The van der Waals surface area contributed by atoms with E-state index in [9.17, 15) is 4.79 Å². The minimum Gasteiger partial charge on any atom is -0.350 e. The van der Waals surface area contributed by atoms with Gasteiger partial charge in [0.15, 0.2) is 0 Å². The Balaban J connectivity index is 1.57. The van der Waals surface area contributed by atoms with Crippen molar-refractivity contribution in [2.24, 2.45) is 0 Å². The zero-order valence-electron chi connectivity index (χ0n) is 12.4. The second-order valence-electron chi connectivity index (χ2n) is 6.11. The van der Waals surface area contributed by atoms with Gasteiger partial charge in [-0.3, -0.25) is 9.78 Å². The zero-order chi connectivity index (χ0) is 14.9. The van der Waals surface area contributed by atoms with Gasteiger partial charge in [0.25, 0.3) is 5.56 Å². The molecule has 1 saturated heterocycles. The summed E-state index contributed by atoms with van der Waals surface area (Å²) in [5, 5.41) is 4.57. The van der Waals surface area contributed by atoms with Crippen molar-refractivity contribution < 1.29 is 0 Å². The van der Waals surface area contributed by atoms with Gasteiger partial charge < -0.3 is 4.90 Å². The molecule has 22 heavy (non-hydrogen) atoms. The molecule has 1 atom stereocenters. The molecule has 6 heteroatoms. The van der Waals surface area contributed by atoms with Gasteiger partial charge in [-0.25, -0.2) is 9.67 Å². The van der Waals surface area contributed by atoms with E-state index in [1.165, 1.54) is 12.8 Å². The van der Waals surface area contributed by atoms with E-state index in [0.717, 1.165) is 30.9 Å². The van der Waals surface area contributed by atoms with Crippen LogP contribution in [-0.4, -0.2) is 32.3 Å². The monoisotopic (exact) mass is 297 g/mol. The molecule has 1 aliphatic carbocycles. The van der Waals surface area contributed by atoms with Crippen LogP contribution in [0.3, 0.4) is 0 Å². The van der Waals surface area contributed by atoms with E-state index in [1.807, 2.05) is 6.07 Å². The lowest BCUT2D eigenvalue weighted by Gasteiger charge is -2.25. The molecule has 114 valence electrons. The third-order valence-corrected chi connectivity index (χ3v) is 4.49. The Morgan fingerprint density at radius 2 is 2.09 bits per heavy atom. The van der Waals surface area contributed by atoms with Crippen LogP contribution in [0.15, 0.2) is 35.5 Å². The van der Waals surface area contributed by atoms with Crippen LogP contribution in [0.2, 0.25) is 0 Å². The van der Waals surface area contributed by atoms with Crippen molar-refractivity contribution in [2.75, 3.05) is 11.4 Å². The van der Waals surface area contributed by atoms with Gasteiger partial charge in [0, 0.05) is 30.9 Å². The van der Waals surface area contributed by atoms with Gasteiger partial charge in [0.2, 0.25) is 0 Å². The first-order valence-corrected chi connectivity index (χ1v) is 7.92. The maximum absolute atomic E-state index is 12.1. The van der Waals surface area contributed by atoms with Crippen LogP contribution in [0.4, 0.5) is 5.82 Å². The van der Waals surface area contributed by atoms with Crippen LogP contribution >= 0.6 is 0 Å². The van der Waals surface area contributed by atoms with Crippen molar-refractivity contribution in [1.82, 2.24) is 19.7 Å². The summed E-state index contributed by atoms with van der Waals surface area (Å²) in [5.74, 6) is 1.45. The second kappa shape index (κ2) is 5.51. The minimum atomic E-state index is -0.0182. The second-order valence-corrected chi connectivity index (χ2v) is 6.11. The van der Waals surface area contributed by atoms with Gasteiger partial charge >= 0.3 is 0 Å². The van der Waals surface area contributed by atoms with Crippen molar-refractivity contribution in [3.05, 3.63) is 46.8 Å². The first-order chi connectivity index (χ1) is 10.8. The number of anilines is 1. The average molecular weight is 297 g/mol. The molecule has 0 N–H and O–H groups in total. The minimum absolute atomic E-state index is 0.0182. The fraction of sp³-hybridized carbons (Fsp3) is 0.500. The molecule has 6 nitrogen and oxygen atoms in total. The van der Waals surface area contributed by atoms with Crippen molar-refractivity contribution in [2.45, 2.75) is 44.2 Å². The van der Waals surface area contributed by atoms with Crippen LogP contribution in [0.5, 0.6) is 0 Å². The van der Waals surface area contributed by atoms with Crippen LogP contribution in [-0.2, 0) is 6.54 Å². The van der Waals surface area contributed by atoms with Crippen molar-refractivity contribution in [3.63, 3.8) is 0 Å². The third-order valence-electron chi connectivity index (χ3n) is 4.49. The number of aromatic nitrogens is 4. The fourth-order valence-corrected chi connectivity index (χ4v) is 3.16. The van der Waals surface area contributed by atoms with Crippen LogP contribution in [0, 0.1) is 0 Å². The topological polar surface area (TPSA) is 63.9 Å². The maximum atomic E-state index is 12.1. The number of hydrogen-bond acceptors (Lipinski definition) is 5. The Bertz CT molecular complexity index is 710. The molecule has 3 heterocycles. The SMILES string of the molecule is O=c1ccc(C2CC2)nn1CC1CCCN1c1cnccn1. The summed E-state index contributed by atoms with van der Waals surface area (Å²) in [6.45, 7) is 1.58. The van der Waals surface area contributed by atoms with E-state index in [-0.39, 0.29) is 11.6 Å². The largest absolute Gasteiger partial charge is 0.350 e. The van der Waals surface area contributed by atoms with Crippen LogP contribution in [0.25, 0.3) is 0 Å². The van der Waals surface area contributed by atoms with E-state index in [0.29, 0.717) is 12.5 Å². The first-order valence-electron chi connectivity index (χ1n) is 7.92. The number of nitrogens with zero attached hydrogens (tertiary/aromatic N) is 5. The van der Waals surface area contributed by atoms with E-state index >= 15 is 0 Å². The Morgan fingerprint density at radius 1 is 1.18 bits per heavy atom. The molecule has 2 aromatic heterocycles. The summed E-state index contributed by atoms with van der Waals surface area (Å²) in [5.41, 5.74) is 1.04. The lowest BCUT2D eigenvalue weighted by molar-refractivity contribution is 0.480. The molecule has 0 amide bonds. The predicted molar refractivity (Wildman–Crippen MR) is 82.9 cm³/mol. The van der Waals surface area contributed by atoms with Gasteiger partial charge in [0.05, 0.1) is 24.5 Å². The van der Waals surface area contributed by atoms with Crippen molar-refractivity contribution in [3.8, 4) is 0 Å². The van der Waals surface area contributed by atoms with E-state index in [4.69, 9.17) is 0 Å². The summed E-state index contributed by atoms with van der Waals surface area (Å²) in [6.07, 6.45) is 9.73. The van der Waals surface area contributed by atoms with Gasteiger partial charge in [0.1, 0.15) is 5.82 Å². The highest BCUT2D eigenvalue weighted by Gasteiger charge is 2.28. The Kier molecular flexibility index (Phi) is 3.36. The number of rotatable bonds is 4. The molecular formula is C16H19N5O. The zero-order valence-corrected chi connectivity index (χ0v) is 12.4. The van der Waals surface area contributed by atoms with E-state index in [1.54, 1.807) is 29.3 Å². The maximum Gasteiger partial charge on any atom is 0.266 e.